The van der Waals surface area contributed by atoms with Crippen LogP contribution >= 0.6 is 11.6 Å². The average molecular weight is 324 g/mol. The van der Waals surface area contributed by atoms with E-state index in [4.69, 9.17) is 16.7 Å². The molecule has 0 aliphatic carbocycles. The van der Waals surface area contributed by atoms with Crippen LogP contribution in [0.25, 0.3) is 0 Å². The molecule has 0 fully saturated rings. The molecule has 1 rings (SSSR count). The molecule has 0 aliphatic heterocycles. The highest BCUT2D eigenvalue weighted by molar-refractivity contribution is 6.30. The largest absolute Gasteiger partial charge is 0.389 e. The van der Waals surface area contributed by atoms with Gasteiger partial charge in [-0.15, -0.1) is 0 Å². The summed E-state index contributed by atoms with van der Waals surface area (Å²) in [5.74, 6) is -0.241. The quantitative estimate of drug-likeness (QED) is 0.514. The number of unbranched alkanes of at least 4 members (excludes halogenated alkanes) is 2. The van der Waals surface area contributed by atoms with Crippen molar-refractivity contribution in [3.05, 3.63) is 47.0 Å². The molecule has 0 saturated heterocycles. The van der Waals surface area contributed by atoms with Crippen LogP contribution in [0.3, 0.4) is 0 Å². The lowest BCUT2D eigenvalue weighted by Gasteiger charge is -2.02. The number of hydrogen-bond donors (Lipinski definition) is 2. The molecule has 0 bridgehead atoms. The lowest BCUT2D eigenvalue weighted by molar-refractivity contribution is -0.122. The van der Waals surface area contributed by atoms with Gasteiger partial charge >= 0.3 is 0 Å². The van der Waals surface area contributed by atoms with E-state index in [0.29, 0.717) is 24.4 Å². The SMILES string of the molecule is O=C(CO)CCCCCNC(=O)/C=C/Cc1ccc(Cl)cc1. The second-order valence-corrected chi connectivity index (χ2v) is 5.47. The number of aliphatic hydroxyl groups is 1. The maximum atomic E-state index is 11.6. The van der Waals surface area contributed by atoms with Crippen molar-refractivity contribution in [1.82, 2.24) is 5.32 Å². The summed E-state index contributed by atoms with van der Waals surface area (Å²) in [4.78, 5) is 22.4. The summed E-state index contributed by atoms with van der Waals surface area (Å²) in [6.07, 6.45) is 6.89. The van der Waals surface area contributed by atoms with Crippen molar-refractivity contribution in [2.24, 2.45) is 0 Å². The molecule has 0 unspecified atom stereocenters. The molecule has 0 aromatic heterocycles. The zero-order chi connectivity index (χ0) is 16.2. The fourth-order valence-corrected chi connectivity index (χ4v) is 2.02. The van der Waals surface area contributed by atoms with E-state index in [-0.39, 0.29) is 18.3 Å². The summed E-state index contributed by atoms with van der Waals surface area (Å²) in [6.45, 7) is 0.215. The number of hydrogen-bond acceptors (Lipinski definition) is 3. The maximum absolute atomic E-state index is 11.6. The predicted octanol–water partition coefficient (Wildman–Crippen LogP) is 2.68. The summed E-state index contributed by atoms with van der Waals surface area (Å²) in [5, 5.41) is 12.1. The van der Waals surface area contributed by atoms with Gasteiger partial charge in [-0.1, -0.05) is 36.2 Å². The van der Waals surface area contributed by atoms with Crippen molar-refractivity contribution in [1.29, 1.82) is 0 Å². The summed E-state index contributed by atoms with van der Waals surface area (Å²) >= 11 is 5.80. The molecule has 5 heteroatoms. The number of allylic oxidation sites excluding steroid dienone is 1. The Kier molecular flexibility index (Phi) is 9.19. The molecule has 120 valence electrons. The molecule has 0 radical (unpaired) electrons. The second-order valence-electron chi connectivity index (χ2n) is 5.03. The molecule has 1 amide bonds. The van der Waals surface area contributed by atoms with Gasteiger partial charge in [-0.05, 0) is 43.0 Å². The van der Waals surface area contributed by atoms with Gasteiger partial charge in [0.05, 0.1) is 0 Å². The first-order valence-corrected chi connectivity index (χ1v) is 7.81. The van der Waals surface area contributed by atoms with Gasteiger partial charge in [-0.25, -0.2) is 0 Å². The van der Waals surface area contributed by atoms with E-state index in [0.717, 1.165) is 24.8 Å². The van der Waals surface area contributed by atoms with Crippen molar-refractivity contribution in [2.75, 3.05) is 13.2 Å². The van der Waals surface area contributed by atoms with Gasteiger partial charge < -0.3 is 10.4 Å². The minimum atomic E-state index is -0.380. The molecule has 0 heterocycles. The monoisotopic (exact) mass is 323 g/mol. The van der Waals surface area contributed by atoms with E-state index in [1.807, 2.05) is 30.3 Å². The van der Waals surface area contributed by atoms with Crippen LogP contribution in [0, 0.1) is 0 Å². The molecule has 22 heavy (non-hydrogen) atoms. The highest BCUT2D eigenvalue weighted by Gasteiger charge is 1.99. The zero-order valence-electron chi connectivity index (χ0n) is 12.6. The van der Waals surface area contributed by atoms with Gasteiger partial charge in [0.25, 0.3) is 0 Å². The fourth-order valence-electron chi connectivity index (χ4n) is 1.90. The molecule has 1 aromatic rings. The first-order chi connectivity index (χ1) is 10.6. The Balaban J connectivity index is 2.09. The van der Waals surface area contributed by atoms with E-state index in [1.165, 1.54) is 6.08 Å². The first kappa shape index (κ1) is 18.4. The summed E-state index contributed by atoms with van der Waals surface area (Å²) in [6, 6.07) is 7.51. The van der Waals surface area contributed by atoms with Gasteiger partial charge in [0.2, 0.25) is 5.91 Å². The van der Waals surface area contributed by atoms with Crippen LogP contribution in [0.4, 0.5) is 0 Å². The van der Waals surface area contributed by atoms with Gasteiger partial charge in [0, 0.05) is 18.0 Å². The molecule has 0 spiro atoms. The number of rotatable bonds is 10. The number of carbonyl (C=O) groups excluding carboxylic acids is 2. The van der Waals surface area contributed by atoms with Crippen molar-refractivity contribution in [3.63, 3.8) is 0 Å². The molecule has 0 atom stereocenters. The molecule has 0 aliphatic rings. The summed E-state index contributed by atoms with van der Waals surface area (Å²) in [5.41, 5.74) is 1.10. The molecular weight excluding hydrogens is 302 g/mol. The number of nitrogens with one attached hydrogen (secondary N) is 1. The van der Waals surface area contributed by atoms with E-state index in [9.17, 15) is 9.59 Å². The Morgan fingerprint density at radius 3 is 2.55 bits per heavy atom. The van der Waals surface area contributed by atoms with Crippen LogP contribution in [-0.4, -0.2) is 29.9 Å². The Morgan fingerprint density at radius 2 is 1.86 bits per heavy atom. The van der Waals surface area contributed by atoms with Crippen LogP contribution in [0.2, 0.25) is 5.02 Å². The Labute approximate surface area is 136 Å². The molecule has 0 saturated carbocycles. The lowest BCUT2D eigenvalue weighted by atomic mass is 10.1. The minimum absolute atomic E-state index is 0.111. The van der Waals surface area contributed by atoms with Gasteiger partial charge in [0.1, 0.15) is 6.61 Å². The van der Waals surface area contributed by atoms with E-state index >= 15 is 0 Å². The molecular formula is C17H22ClNO3. The number of Topliss-reactive ketones (excluding diaryl/α,β-unsaturated/α-hetero) is 1. The summed E-state index contributed by atoms with van der Waals surface area (Å²) < 4.78 is 0. The number of amides is 1. The minimum Gasteiger partial charge on any atom is -0.389 e. The van der Waals surface area contributed by atoms with Crippen molar-refractivity contribution >= 4 is 23.3 Å². The third-order valence-corrected chi connectivity index (χ3v) is 3.40. The molecule has 2 N–H and O–H groups in total. The van der Waals surface area contributed by atoms with Crippen LogP contribution in [0.5, 0.6) is 0 Å². The van der Waals surface area contributed by atoms with Crippen molar-refractivity contribution in [3.8, 4) is 0 Å². The van der Waals surface area contributed by atoms with E-state index < -0.39 is 0 Å². The molecule has 1 aromatic carbocycles. The number of carbonyl (C=O) groups is 2. The van der Waals surface area contributed by atoms with Gasteiger partial charge in [0.15, 0.2) is 5.78 Å². The van der Waals surface area contributed by atoms with E-state index in [1.54, 1.807) is 0 Å². The Bertz CT molecular complexity index is 497. The highest BCUT2D eigenvalue weighted by atomic mass is 35.5. The number of benzene rings is 1. The average Bonchev–Trinajstić information content (AvgIpc) is 2.52. The van der Waals surface area contributed by atoms with Gasteiger partial charge in [-0.2, -0.15) is 0 Å². The Hall–Kier alpha value is -1.65. The first-order valence-electron chi connectivity index (χ1n) is 7.43. The molecule has 4 nitrogen and oxygen atoms in total. The van der Waals surface area contributed by atoms with E-state index in [2.05, 4.69) is 5.32 Å². The fraction of sp³-hybridized carbons (Fsp3) is 0.412. The number of halogens is 1. The summed E-state index contributed by atoms with van der Waals surface area (Å²) in [7, 11) is 0. The maximum Gasteiger partial charge on any atom is 0.243 e. The van der Waals surface area contributed by atoms with Gasteiger partial charge in [-0.3, -0.25) is 9.59 Å². The second kappa shape index (κ2) is 11.0. The normalized spacial score (nSPS) is 10.8. The zero-order valence-corrected chi connectivity index (χ0v) is 13.3. The smallest absolute Gasteiger partial charge is 0.243 e. The van der Waals surface area contributed by atoms with Crippen molar-refractivity contribution < 1.29 is 14.7 Å². The standard InChI is InChI=1S/C17H22ClNO3/c18-15-10-8-14(9-11-15)5-4-7-17(22)19-12-3-1-2-6-16(21)13-20/h4,7-11,20H,1-3,5-6,12-13H2,(H,19,22)/b7-4+. The predicted molar refractivity (Wildman–Crippen MR) is 87.9 cm³/mol. The third kappa shape index (κ3) is 8.60. The van der Waals surface area contributed by atoms with Crippen LogP contribution in [0.1, 0.15) is 31.2 Å². The third-order valence-electron chi connectivity index (χ3n) is 3.14. The number of ketones is 1. The lowest BCUT2D eigenvalue weighted by Crippen LogP contribution is -2.22. The topological polar surface area (TPSA) is 66.4 Å². The van der Waals surface area contributed by atoms with Crippen LogP contribution < -0.4 is 5.32 Å². The highest BCUT2D eigenvalue weighted by Crippen LogP contribution is 2.10. The number of aliphatic hydroxyl groups excluding tert-OH is 1. The van der Waals surface area contributed by atoms with Crippen LogP contribution in [-0.2, 0) is 16.0 Å². The van der Waals surface area contributed by atoms with Crippen LogP contribution in [0.15, 0.2) is 36.4 Å². The van der Waals surface area contributed by atoms with Crippen molar-refractivity contribution in [2.45, 2.75) is 32.1 Å². The Morgan fingerprint density at radius 1 is 1.14 bits per heavy atom.